The van der Waals surface area contributed by atoms with Crippen LogP contribution in [0.25, 0.3) is 0 Å². The molecule has 0 spiro atoms. The molecule has 0 bridgehead atoms. The number of nitrogens with one attached hydrogen (secondary N) is 2. The standard InChI is InChI=1S/C14H17N3O3S/c1-10-4-6-13(20-2)12(8-10)16-11-5-7-14(15-9-11)17-21(3,18)19/h4-9,16H,1-3H3,(H,15,17). The smallest absolute Gasteiger partial charge is 0.230 e. The summed E-state index contributed by atoms with van der Waals surface area (Å²) in [7, 11) is -1.71. The van der Waals surface area contributed by atoms with Crippen LogP contribution in [0.4, 0.5) is 17.2 Å². The number of aryl methyl sites for hydroxylation is 1. The average Bonchev–Trinajstić information content (AvgIpc) is 2.40. The van der Waals surface area contributed by atoms with Crippen LogP contribution >= 0.6 is 0 Å². The zero-order chi connectivity index (χ0) is 15.5. The average molecular weight is 307 g/mol. The van der Waals surface area contributed by atoms with Gasteiger partial charge in [0.05, 0.1) is 30.9 Å². The van der Waals surface area contributed by atoms with Gasteiger partial charge in [0.15, 0.2) is 0 Å². The molecule has 0 fully saturated rings. The highest BCUT2D eigenvalue weighted by molar-refractivity contribution is 7.92. The van der Waals surface area contributed by atoms with E-state index in [1.54, 1.807) is 25.4 Å². The fourth-order valence-corrected chi connectivity index (χ4v) is 2.29. The topological polar surface area (TPSA) is 80.3 Å². The highest BCUT2D eigenvalue weighted by Gasteiger charge is 2.05. The highest BCUT2D eigenvalue weighted by atomic mass is 32.2. The first kappa shape index (κ1) is 15.1. The van der Waals surface area contributed by atoms with E-state index in [9.17, 15) is 8.42 Å². The van der Waals surface area contributed by atoms with Crippen molar-refractivity contribution in [3.8, 4) is 5.75 Å². The van der Waals surface area contributed by atoms with Crippen molar-refractivity contribution in [2.24, 2.45) is 0 Å². The van der Waals surface area contributed by atoms with Gasteiger partial charge < -0.3 is 10.1 Å². The Labute approximate surface area is 124 Å². The molecule has 0 aliphatic carbocycles. The Balaban J connectivity index is 2.19. The van der Waals surface area contributed by atoms with E-state index in [1.165, 1.54) is 0 Å². The SMILES string of the molecule is COc1ccc(C)cc1Nc1ccc(NS(C)(=O)=O)nc1. The second kappa shape index (κ2) is 6.01. The Morgan fingerprint density at radius 1 is 1.19 bits per heavy atom. The van der Waals surface area contributed by atoms with E-state index in [2.05, 4.69) is 15.0 Å². The van der Waals surface area contributed by atoms with E-state index in [1.807, 2.05) is 25.1 Å². The molecule has 7 heteroatoms. The first-order valence-corrected chi connectivity index (χ1v) is 8.12. The van der Waals surface area contributed by atoms with Gasteiger partial charge in [-0.1, -0.05) is 6.07 Å². The number of nitrogens with zero attached hydrogens (tertiary/aromatic N) is 1. The van der Waals surface area contributed by atoms with Crippen LogP contribution in [0.3, 0.4) is 0 Å². The molecule has 0 radical (unpaired) electrons. The summed E-state index contributed by atoms with van der Waals surface area (Å²) in [6, 6.07) is 9.13. The predicted molar refractivity (Wildman–Crippen MR) is 83.7 cm³/mol. The molecule has 0 atom stereocenters. The zero-order valence-electron chi connectivity index (χ0n) is 12.0. The Morgan fingerprint density at radius 3 is 2.52 bits per heavy atom. The Hall–Kier alpha value is -2.28. The number of rotatable bonds is 5. The lowest BCUT2D eigenvalue weighted by Crippen LogP contribution is -2.10. The summed E-state index contributed by atoms with van der Waals surface area (Å²) >= 11 is 0. The summed E-state index contributed by atoms with van der Waals surface area (Å²) in [4.78, 5) is 4.04. The zero-order valence-corrected chi connectivity index (χ0v) is 12.9. The number of benzene rings is 1. The molecular weight excluding hydrogens is 290 g/mol. The maximum atomic E-state index is 11.1. The molecule has 0 aliphatic heterocycles. The summed E-state index contributed by atoms with van der Waals surface area (Å²) in [6.45, 7) is 1.99. The van der Waals surface area contributed by atoms with Gasteiger partial charge in [0, 0.05) is 0 Å². The lowest BCUT2D eigenvalue weighted by atomic mass is 10.2. The fourth-order valence-electron chi connectivity index (χ4n) is 1.79. The number of ether oxygens (including phenoxy) is 1. The number of pyridine rings is 1. The fraction of sp³-hybridized carbons (Fsp3) is 0.214. The molecule has 112 valence electrons. The molecule has 2 N–H and O–H groups in total. The van der Waals surface area contributed by atoms with Crippen molar-refractivity contribution >= 4 is 27.2 Å². The molecule has 1 aromatic heterocycles. The van der Waals surface area contributed by atoms with Crippen LogP contribution in [-0.4, -0.2) is 26.8 Å². The minimum absolute atomic E-state index is 0.277. The van der Waals surface area contributed by atoms with E-state index in [0.29, 0.717) is 0 Å². The molecule has 0 saturated carbocycles. The van der Waals surface area contributed by atoms with Gasteiger partial charge in [-0.2, -0.15) is 0 Å². The Morgan fingerprint density at radius 2 is 1.95 bits per heavy atom. The van der Waals surface area contributed by atoms with E-state index in [4.69, 9.17) is 4.74 Å². The number of anilines is 3. The van der Waals surface area contributed by atoms with E-state index >= 15 is 0 Å². The van der Waals surface area contributed by atoms with Gasteiger partial charge in [-0.05, 0) is 36.8 Å². The third-order valence-corrected chi connectivity index (χ3v) is 3.27. The molecule has 2 aromatic rings. The van der Waals surface area contributed by atoms with E-state index < -0.39 is 10.0 Å². The van der Waals surface area contributed by atoms with Crippen LogP contribution in [-0.2, 0) is 10.0 Å². The molecule has 0 aliphatic rings. The molecule has 0 amide bonds. The summed E-state index contributed by atoms with van der Waals surface area (Å²) in [6.07, 6.45) is 2.63. The highest BCUT2D eigenvalue weighted by Crippen LogP contribution is 2.28. The first-order valence-electron chi connectivity index (χ1n) is 6.23. The summed E-state index contributed by atoms with van der Waals surface area (Å²) in [5.74, 6) is 0.998. The summed E-state index contributed by atoms with van der Waals surface area (Å²) in [5.41, 5.74) is 2.66. The monoisotopic (exact) mass is 307 g/mol. The summed E-state index contributed by atoms with van der Waals surface area (Å²) < 4.78 is 29.8. The van der Waals surface area contributed by atoms with Crippen LogP contribution in [0.1, 0.15) is 5.56 Å². The molecule has 1 heterocycles. The van der Waals surface area contributed by atoms with Crippen LogP contribution in [0, 0.1) is 6.92 Å². The van der Waals surface area contributed by atoms with Crippen LogP contribution in [0.15, 0.2) is 36.5 Å². The first-order chi connectivity index (χ1) is 9.87. The van der Waals surface area contributed by atoms with Crippen molar-refractivity contribution in [1.82, 2.24) is 4.98 Å². The number of hydrogen-bond donors (Lipinski definition) is 2. The second-order valence-corrected chi connectivity index (χ2v) is 6.38. The predicted octanol–water partition coefficient (Wildman–Crippen LogP) is 2.51. The minimum atomic E-state index is -3.32. The van der Waals surface area contributed by atoms with Gasteiger partial charge in [-0.25, -0.2) is 13.4 Å². The molecule has 1 aromatic carbocycles. The van der Waals surface area contributed by atoms with Crippen molar-refractivity contribution < 1.29 is 13.2 Å². The number of methoxy groups -OCH3 is 1. The van der Waals surface area contributed by atoms with Crippen molar-refractivity contribution in [3.63, 3.8) is 0 Å². The van der Waals surface area contributed by atoms with Gasteiger partial charge in [0.2, 0.25) is 10.0 Å². The van der Waals surface area contributed by atoms with Gasteiger partial charge in [-0.15, -0.1) is 0 Å². The lowest BCUT2D eigenvalue weighted by molar-refractivity contribution is 0.416. The lowest BCUT2D eigenvalue weighted by Gasteiger charge is -2.12. The van der Waals surface area contributed by atoms with Crippen molar-refractivity contribution in [2.75, 3.05) is 23.4 Å². The Bertz CT molecular complexity index is 728. The van der Waals surface area contributed by atoms with Crippen LogP contribution in [0.5, 0.6) is 5.75 Å². The number of aromatic nitrogens is 1. The van der Waals surface area contributed by atoms with E-state index in [-0.39, 0.29) is 5.82 Å². The Kier molecular flexibility index (Phi) is 4.32. The normalized spacial score (nSPS) is 11.0. The van der Waals surface area contributed by atoms with Gasteiger partial charge >= 0.3 is 0 Å². The van der Waals surface area contributed by atoms with Crippen molar-refractivity contribution in [3.05, 3.63) is 42.1 Å². The van der Waals surface area contributed by atoms with Gasteiger partial charge in [-0.3, -0.25) is 4.72 Å². The second-order valence-electron chi connectivity index (χ2n) is 4.64. The minimum Gasteiger partial charge on any atom is -0.495 e. The quantitative estimate of drug-likeness (QED) is 0.887. The molecular formula is C14H17N3O3S. The molecule has 21 heavy (non-hydrogen) atoms. The largest absolute Gasteiger partial charge is 0.495 e. The van der Waals surface area contributed by atoms with Crippen LogP contribution < -0.4 is 14.8 Å². The summed E-state index contributed by atoms with van der Waals surface area (Å²) in [5, 5.41) is 3.19. The van der Waals surface area contributed by atoms with Gasteiger partial charge in [0.25, 0.3) is 0 Å². The maximum Gasteiger partial charge on any atom is 0.230 e. The molecule has 6 nitrogen and oxygen atoms in total. The van der Waals surface area contributed by atoms with Crippen molar-refractivity contribution in [2.45, 2.75) is 6.92 Å². The van der Waals surface area contributed by atoms with E-state index in [0.717, 1.165) is 28.9 Å². The van der Waals surface area contributed by atoms with Crippen LogP contribution in [0.2, 0.25) is 0 Å². The molecule has 2 rings (SSSR count). The van der Waals surface area contributed by atoms with Crippen molar-refractivity contribution in [1.29, 1.82) is 0 Å². The third kappa shape index (κ3) is 4.35. The maximum absolute atomic E-state index is 11.1. The number of hydrogen-bond acceptors (Lipinski definition) is 5. The molecule has 0 unspecified atom stereocenters. The number of sulfonamides is 1. The molecule has 0 saturated heterocycles. The third-order valence-electron chi connectivity index (χ3n) is 2.69. The van der Waals surface area contributed by atoms with Gasteiger partial charge in [0.1, 0.15) is 11.6 Å².